The predicted molar refractivity (Wildman–Crippen MR) is 82.9 cm³/mol. The molecule has 2 heterocycles. The molecule has 0 amide bonds. The Labute approximate surface area is 127 Å². The van der Waals surface area contributed by atoms with Gasteiger partial charge in [0.2, 0.25) is 0 Å². The molecule has 0 bridgehead atoms. The van der Waals surface area contributed by atoms with E-state index in [4.69, 9.17) is 0 Å². The van der Waals surface area contributed by atoms with Crippen LogP contribution >= 0.6 is 11.8 Å². The maximum absolute atomic E-state index is 11.8. The first kappa shape index (κ1) is 15.6. The van der Waals surface area contributed by atoms with E-state index in [2.05, 4.69) is 32.4 Å². The van der Waals surface area contributed by atoms with Crippen LogP contribution in [0.25, 0.3) is 0 Å². The van der Waals surface area contributed by atoms with Gasteiger partial charge in [0.25, 0.3) is 0 Å². The SMILES string of the molecule is CCCNc1ncnc(Sc2n[nH]c(=O)n2C(C)C)c1C. The lowest BCUT2D eigenvalue weighted by atomic mass is 10.3. The van der Waals surface area contributed by atoms with Crippen LogP contribution in [0.2, 0.25) is 0 Å². The van der Waals surface area contributed by atoms with E-state index >= 15 is 0 Å². The summed E-state index contributed by atoms with van der Waals surface area (Å²) < 4.78 is 1.62. The molecule has 114 valence electrons. The molecule has 0 saturated carbocycles. The van der Waals surface area contributed by atoms with Crippen molar-refractivity contribution in [2.24, 2.45) is 0 Å². The molecule has 21 heavy (non-hydrogen) atoms. The number of nitrogens with one attached hydrogen (secondary N) is 2. The van der Waals surface area contributed by atoms with E-state index in [1.165, 1.54) is 18.1 Å². The van der Waals surface area contributed by atoms with Gasteiger partial charge in [-0.1, -0.05) is 6.92 Å². The Morgan fingerprint density at radius 1 is 1.43 bits per heavy atom. The molecule has 2 rings (SSSR count). The number of nitrogens with zero attached hydrogens (tertiary/aromatic N) is 4. The summed E-state index contributed by atoms with van der Waals surface area (Å²) in [6.45, 7) is 8.82. The summed E-state index contributed by atoms with van der Waals surface area (Å²) >= 11 is 1.37. The number of anilines is 1. The van der Waals surface area contributed by atoms with Crippen LogP contribution in [0, 0.1) is 6.92 Å². The molecule has 2 aromatic heterocycles. The van der Waals surface area contributed by atoms with Crippen molar-refractivity contribution in [3.8, 4) is 0 Å². The van der Waals surface area contributed by atoms with E-state index in [1.54, 1.807) is 4.57 Å². The lowest BCUT2D eigenvalue weighted by Gasteiger charge is -2.11. The zero-order chi connectivity index (χ0) is 15.4. The summed E-state index contributed by atoms with van der Waals surface area (Å²) in [5, 5.41) is 11.2. The van der Waals surface area contributed by atoms with Crippen LogP contribution < -0.4 is 11.0 Å². The van der Waals surface area contributed by atoms with Gasteiger partial charge in [-0.15, -0.1) is 5.10 Å². The number of aromatic nitrogens is 5. The van der Waals surface area contributed by atoms with E-state index in [9.17, 15) is 4.79 Å². The third kappa shape index (κ3) is 3.44. The van der Waals surface area contributed by atoms with Crippen molar-refractivity contribution < 1.29 is 0 Å². The molecular weight excluding hydrogens is 288 g/mol. The number of rotatable bonds is 6. The molecule has 0 aromatic carbocycles. The normalized spacial score (nSPS) is 11.1. The molecular formula is C13H20N6OS. The van der Waals surface area contributed by atoms with Gasteiger partial charge in [-0.3, -0.25) is 4.57 Å². The van der Waals surface area contributed by atoms with Crippen LogP contribution in [0.1, 0.15) is 38.8 Å². The summed E-state index contributed by atoms with van der Waals surface area (Å²) in [7, 11) is 0. The average Bonchev–Trinajstić information content (AvgIpc) is 2.81. The molecule has 0 aliphatic carbocycles. The highest BCUT2D eigenvalue weighted by molar-refractivity contribution is 7.99. The molecule has 0 spiro atoms. The van der Waals surface area contributed by atoms with Crippen molar-refractivity contribution in [3.05, 3.63) is 22.4 Å². The Bertz CT molecular complexity index is 663. The van der Waals surface area contributed by atoms with Gasteiger partial charge in [0.05, 0.1) is 0 Å². The highest BCUT2D eigenvalue weighted by atomic mass is 32.2. The Hall–Kier alpha value is -1.83. The minimum absolute atomic E-state index is 0.0404. The predicted octanol–water partition coefficient (Wildman–Crippen LogP) is 2.22. The van der Waals surface area contributed by atoms with Gasteiger partial charge in [0, 0.05) is 18.2 Å². The minimum atomic E-state index is -0.205. The topological polar surface area (TPSA) is 88.5 Å². The third-order valence-corrected chi connectivity index (χ3v) is 4.03. The molecule has 8 heteroatoms. The Kier molecular flexibility index (Phi) is 5.00. The highest BCUT2D eigenvalue weighted by Crippen LogP contribution is 2.29. The van der Waals surface area contributed by atoms with Crippen LogP contribution in [0.3, 0.4) is 0 Å². The Balaban J connectivity index is 2.30. The second-order valence-corrected chi connectivity index (χ2v) is 5.91. The second-order valence-electron chi connectivity index (χ2n) is 4.96. The van der Waals surface area contributed by atoms with E-state index in [0.29, 0.717) is 5.16 Å². The monoisotopic (exact) mass is 308 g/mol. The van der Waals surface area contributed by atoms with Gasteiger partial charge >= 0.3 is 5.69 Å². The van der Waals surface area contributed by atoms with Crippen molar-refractivity contribution in [3.63, 3.8) is 0 Å². The average molecular weight is 308 g/mol. The van der Waals surface area contributed by atoms with Gasteiger partial charge in [-0.05, 0) is 39.0 Å². The van der Waals surface area contributed by atoms with Crippen LogP contribution in [0.5, 0.6) is 0 Å². The van der Waals surface area contributed by atoms with E-state index in [0.717, 1.165) is 29.4 Å². The number of H-pyrrole nitrogens is 1. The summed E-state index contributed by atoms with van der Waals surface area (Å²) in [6.07, 6.45) is 2.55. The molecule has 0 saturated heterocycles. The number of hydrogen-bond donors (Lipinski definition) is 2. The molecule has 0 radical (unpaired) electrons. The summed E-state index contributed by atoms with van der Waals surface area (Å²) in [4.78, 5) is 20.3. The lowest BCUT2D eigenvalue weighted by molar-refractivity contribution is 0.534. The van der Waals surface area contributed by atoms with Crippen LogP contribution in [-0.4, -0.2) is 31.3 Å². The zero-order valence-electron chi connectivity index (χ0n) is 12.7. The van der Waals surface area contributed by atoms with E-state index in [1.807, 2.05) is 20.8 Å². The van der Waals surface area contributed by atoms with E-state index in [-0.39, 0.29) is 11.7 Å². The second kappa shape index (κ2) is 6.75. The van der Waals surface area contributed by atoms with Gasteiger partial charge in [0.1, 0.15) is 17.2 Å². The van der Waals surface area contributed by atoms with Gasteiger partial charge < -0.3 is 5.32 Å². The van der Waals surface area contributed by atoms with Crippen molar-refractivity contribution in [1.29, 1.82) is 0 Å². The molecule has 0 unspecified atom stereocenters. The summed E-state index contributed by atoms with van der Waals surface area (Å²) in [5.74, 6) is 0.823. The molecule has 7 nitrogen and oxygen atoms in total. The first-order valence-electron chi connectivity index (χ1n) is 6.94. The van der Waals surface area contributed by atoms with E-state index < -0.39 is 0 Å². The van der Waals surface area contributed by atoms with Crippen molar-refractivity contribution >= 4 is 17.6 Å². The van der Waals surface area contributed by atoms with Gasteiger partial charge in [0.15, 0.2) is 5.16 Å². The lowest BCUT2D eigenvalue weighted by Crippen LogP contribution is -2.19. The molecule has 2 N–H and O–H groups in total. The van der Waals surface area contributed by atoms with Crippen LogP contribution in [0.4, 0.5) is 5.82 Å². The fourth-order valence-corrected chi connectivity index (χ4v) is 2.87. The fourth-order valence-electron chi connectivity index (χ4n) is 1.86. The van der Waals surface area contributed by atoms with Crippen molar-refractivity contribution in [2.75, 3.05) is 11.9 Å². The van der Waals surface area contributed by atoms with Gasteiger partial charge in [-0.2, -0.15) is 0 Å². The zero-order valence-corrected chi connectivity index (χ0v) is 13.5. The molecule has 0 aliphatic rings. The van der Waals surface area contributed by atoms with Crippen LogP contribution in [-0.2, 0) is 0 Å². The maximum Gasteiger partial charge on any atom is 0.344 e. The maximum atomic E-state index is 11.8. The number of aromatic amines is 1. The molecule has 0 atom stereocenters. The quantitative estimate of drug-likeness (QED) is 0.796. The highest BCUT2D eigenvalue weighted by Gasteiger charge is 2.16. The van der Waals surface area contributed by atoms with Crippen molar-refractivity contribution in [1.82, 2.24) is 24.7 Å². The number of hydrogen-bond acceptors (Lipinski definition) is 6. The standard InChI is InChI=1S/C13H20N6OS/c1-5-6-14-10-9(4)11(16-7-15-10)21-13-18-17-12(20)19(13)8(2)3/h7-8H,5-6H2,1-4H3,(H,17,20)(H,14,15,16). The first-order valence-corrected chi connectivity index (χ1v) is 7.76. The largest absolute Gasteiger partial charge is 0.370 e. The smallest absolute Gasteiger partial charge is 0.344 e. The first-order chi connectivity index (χ1) is 10.0. The third-order valence-electron chi connectivity index (χ3n) is 2.96. The molecule has 0 aliphatic heterocycles. The van der Waals surface area contributed by atoms with Crippen LogP contribution in [0.15, 0.2) is 21.3 Å². The summed E-state index contributed by atoms with van der Waals surface area (Å²) in [5.41, 5.74) is 0.755. The minimum Gasteiger partial charge on any atom is -0.370 e. The summed E-state index contributed by atoms with van der Waals surface area (Å²) in [6, 6.07) is 0.0404. The molecule has 2 aromatic rings. The van der Waals surface area contributed by atoms with Gasteiger partial charge in [-0.25, -0.2) is 19.9 Å². The van der Waals surface area contributed by atoms with Crippen molar-refractivity contribution in [2.45, 2.75) is 50.3 Å². The Morgan fingerprint density at radius 3 is 2.86 bits per heavy atom. The molecule has 0 fully saturated rings. The Morgan fingerprint density at radius 2 is 2.19 bits per heavy atom. The fraction of sp³-hybridized carbons (Fsp3) is 0.538.